The van der Waals surface area contributed by atoms with Crippen molar-refractivity contribution in [1.82, 2.24) is 5.32 Å². The Hall–Kier alpha value is 0.0700. The predicted octanol–water partition coefficient (Wildman–Crippen LogP) is -0.663. The van der Waals surface area contributed by atoms with E-state index in [-0.39, 0.29) is 12.0 Å². The molecule has 1 unspecified atom stereocenters. The average Bonchev–Trinajstić information content (AvgIpc) is 1.86. The quantitative estimate of drug-likeness (QED) is 0.599. The topological polar surface area (TPSA) is 49.3 Å². The summed E-state index contributed by atoms with van der Waals surface area (Å²) >= 11 is 0. The van der Waals surface area contributed by atoms with Crippen molar-refractivity contribution in [2.45, 2.75) is 6.42 Å². The van der Waals surface area contributed by atoms with E-state index in [4.69, 9.17) is 5.11 Å². The second kappa shape index (κ2) is 3.65. The van der Waals surface area contributed by atoms with Crippen LogP contribution in [0.25, 0.3) is 0 Å². The number of aliphatic hydroxyl groups is 1. The summed E-state index contributed by atoms with van der Waals surface area (Å²) in [6, 6.07) is 0. The fourth-order valence-corrected chi connectivity index (χ4v) is 1.93. The lowest BCUT2D eigenvalue weighted by molar-refractivity contribution is 0.0657. The SMILES string of the molecule is CS(=O)CCC1(CO)CNC1. The minimum absolute atomic E-state index is 0.0473. The van der Waals surface area contributed by atoms with Crippen LogP contribution in [0.5, 0.6) is 0 Å². The van der Waals surface area contributed by atoms with Crippen LogP contribution < -0.4 is 5.32 Å². The molecule has 0 amide bonds. The second-order valence-corrected chi connectivity index (χ2v) is 4.84. The van der Waals surface area contributed by atoms with Crippen molar-refractivity contribution in [3.8, 4) is 0 Å². The molecule has 0 aliphatic carbocycles. The van der Waals surface area contributed by atoms with Crippen molar-refractivity contribution < 1.29 is 9.32 Å². The van der Waals surface area contributed by atoms with Gasteiger partial charge in [0.2, 0.25) is 0 Å². The Kier molecular flexibility index (Phi) is 3.04. The maximum absolute atomic E-state index is 10.8. The van der Waals surface area contributed by atoms with Crippen LogP contribution in [0.4, 0.5) is 0 Å². The predicted molar refractivity (Wildman–Crippen MR) is 45.9 cm³/mol. The summed E-state index contributed by atoms with van der Waals surface area (Å²) in [7, 11) is -0.720. The minimum Gasteiger partial charge on any atom is -0.396 e. The Morgan fingerprint density at radius 2 is 2.27 bits per heavy atom. The summed E-state index contributed by atoms with van der Waals surface area (Å²) in [4.78, 5) is 0. The van der Waals surface area contributed by atoms with E-state index in [1.807, 2.05) is 0 Å². The molecular weight excluding hydrogens is 162 g/mol. The lowest BCUT2D eigenvalue weighted by Gasteiger charge is -2.41. The third kappa shape index (κ3) is 2.25. The van der Waals surface area contributed by atoms with E-state index in [1.54, 1.807) is 6.26 Å². The average molecular weight is 177 g/mol. The fraction of sp³-hybridized carbons (Fsp3) is 1.00. The van der Waals surface area contributed by atoms with Gasteiger partial charge >= 0.3 is 0 Å². The van der Waals surface area contributed by atoms with Crippen molar-refractivity contribution in [2.75, 3.05) is 31.7 Å². The molecule has 0 radical (unpaired) electrons. The first kappa shape index (κ1) is 9.16. The highest BCUT2D eigenvalue weighted by molar-refractivity contribution is 7.84. The molecule has 0 aromatic rings. The van der Waals surface area contributed by atoms with Crippen molar-refractivity contribution in [3.05, 3.63) is 0 Å². The first-order valence-corrected chi connectivity index (χ1v) is 5.53. The zero-order valence-corrected chi connectivity index (χ0v) is 7.62. The zero-order valence-electron chi connectivity index (χ0n) is 6.80. The van der Waals surface area contributed by atoms with Crippen LogP contribution in [0.15, 0.2) is 0 Å². The van der Waals surface area contributed by atoms with E-state index in [0.29, 0.717) is 5.75 Å². The number of rotatable bonds is 4. The standard InChI is InChI=1S/C7H15NO2S/c1-11(10)3-2-7(6-9)4-8-5-7/h8-9H,2-6H2,1H3. The van der Waals surface area contributed by atoms with Crippen molar-refractivity contribution in [2.24, 2.45) is 5.41 Å². The highest BCUT2D eigenvalue weighted by Crippen LogP contribution is 2.25. The van der Waals surface area contributed by atoms with E-state index in [0.717, 1.165) is 19.5 Å². The molecule has 2 N–H and O–H groups in total. The van der Waals surface area contributed by atoms with E-state index < -0.39 is 10.8 Å². The van der Waals surface area contributed by atoms with Gasteiger partial charge in [0.25, 0.3) is 0 Å². The third-order valence-electron chi connectivity index (χ3n) is 2.26. The molecule has 0 bridgehead atoms. The lowest BCUT2D eigenvalue weighted by Crippen LogP contribution is -2.56. The molecule has 0 aromatic carbocycles. The van der Waals surface area contributed by atoms with E-state index in [2.05, 4.69) is 5.32 Å². The number of hydrogen-bond acceptors (Lipinski definition) is 3. The summed E-state index contributed by atoms with van der Waals surface area (Å²) in [5.74, 6) is 0.711. The lowest BCUT2D eigenvalue weighted by atomic mass is 9.80. The molecule has 1 rings (SSSR count). The molecule has 1 fully saturated rings. The molecule has 0 spiro atoms. The molecule has 0 aromatic heterocycles. The molecule has 11 heavy (non-hydrogen) atoms. The molecule has 4 heteroatoms. The van der Waals surface area contributed by atoms with Crippen molar-refractivity contribution in [3.63, 3.8) is 0 Å². The van der Waals surface area contributed by atoms with Gasteiger partial charge in [-0.05, 0) is 6.42 Å². The van der Waals surface area contributed by atoms with Crippen LogP contribution in [0.3, 0.4) is 0 Å². The van der Waals surface area contributed by atoms with Crippen LogP contribution in [-0.2, 0) is 10.8 Å². The monoisotopic (exact) mass is 177 g/mol. The normalized spacial score (nSPS) is 24.2. The smallest absolute Gasteiger partial charge is 0.0512 e. The van der Waals surface area contributed by atoms with Crippen LogP contribution in [-0.4, -0.2) is 41.0 Å². The van der Waals surface area contributed by atoms with Crippen molar-refractivity contribution >= 4 is 10.8 Å². The molecule has 1 aliphatic rings. The highest BCUT2D eigenvalue weighted by Gasteiger charge is 2.35. The van der Waals surface area contributed by atoms with E-state index in [9.17, 15) is 4.21 Å². The van der Waals surface area contributed by atoms with Gasteiger partial charge in [0.1, 0.15) is 0 Å². The first-order chi connectivity index (χ1) is 5.18. The van der Waals surface area contributed by atoms with Crippen LogP contribution in [0.2, 0.25) is 0 Å². The van der Waals surface area contributed by atoms with Gasteiger partial charge in [-0.3, -0.25) is 4.21 Å². The summed E-state index contributed by atoms with van der Waals surface area (Å²) in [6.45, 7) is 1.97. The third-order valence-corrected chi connectivity index (χ3v) is 3.03. The van der Waals surface area contributed by atoms with Gasteiger partial charge in [-0.2, -0.15) is 0 Å². The Labute approximate surface area is 69.6 Å². The van der Waals surface area contributed by atoms with Gasteiger partial charge in [-0.15, -0.1) is 0 Å². The molecule has 3 nitrogen and oxygen atoms in total. The van der Waals surface area contributed by atoms with Gasteiger partial charge < -0.3 is 10.4 Å². The highest BCUT2D eigenvalue weighted by atomic mass is 32.2. The molecule has 1 aliphatic heterocycles. The Morgan fingerprint density at radius 1 is 1.64 bits per heavy atom. The largest absolute Gasteiger partial charge is 0.396 e. The minimum atomic E-state index is -0.720. The van der Waals surface area contributed by atoms with E-state index in [1.165, 1.54) is 0 Å². The molecular formula is C7H15NO2S. The Bertz CT molecular complexity index is 151. The van der Waals surface area contributed by atoms with Gasteiger partial charge in [0.05, 0.1) is 6.61 Å². The molecule has 1 heterocycles. The maximum atomic E-state index is 10.8. The number of aliphatic hydroxyl groups excluding tert-OH is 1. The van der Waals surface area contributed by atoms with Crippen molar-refractivity contribution in [1.29, 1.82) is 0 Å². The summed E-state index contributed by atoms with van der Waals surface area (Å²) in [6.07, 6.45) is 2.58. The van der Waals surface area contributed by atoms with E-state index >= 15 is 0 Å². The van der Waals surface area contributed by atoms with Crippen LogP contribution >= 0.6 is 0 Å². The summed E-state index contributed by atoms with van der Waals surface area (Å²) < 4.78 is 10.8. The van der Waals surface area contributed by atoms with Gasteiger partial charge in [-0.25, -0.2) is 0 Å². The fourth-order valence-electron chi connectivity index (χ4n) is 1.21. The molecule has 1 saturated heterocycles. The Balaban J connectivity index is 2.27. The second-order valence-electron chi connectivity index (χ2n) is 3.29. The first-order valence-electron chi connectivity index (χ1n) is 3.80. The number of hydrogen-bond donors (Lipinski definition) is 2. The molecule has 1 atom stereocenters. The molecule has 66 valence electrons. The van der Waals surface area contributed by atoms with Gasteiger partial charge in [-0.1, -0.05) is 0 Å². The van der Waals surface area contributed by atoms with Gasteiger partial charge in [0.15, 0.2) is 0 Å². The summed E-state index contributed by atoms with van der Waals surface area (Å²) in [5, 5.41) is 12.1. The Morgan fingerprint density at radius 3 is 2.55 bits per heavy atom. The van der Waals surface area contributed by atoms with Crippen LogP contribution in [0, 0.1) is 5.41 Å². The van der Waals surface area contributed by atoms with Crippen LogP contribution in [0.1, 0.15) is 6.42 Å². The number of nitrogens with one attached hydrogen (secondary N) is 1. The van der Waals surface area contributed by atoms with Gasteiger partial charge in [0, 0.05) is 41.3 Å². The maximum Gasteiger partial charge on any atom is 0.0512 e. The molecule has 0 saturated carbocycles. The zero-order chi connectivity index (χ0) is 8.32. The summed E-state index contributed by atoms with van der Waals surface area (Å²) in [5.41, 5.74) is 0.0473.